The molecule has 0 aliphatic rings. The lowest BCUT2D eigenvalue weighted by atomic mass is 9.96. The molecule has 0 spiro atoms. The predicted molar refractivity (Wildman–Crippen MR) is 80.7 cm³/mol. The van der Waals surface area contributed by atoms with Gasteiger partial charge in [-0.1, -0.05) is 25.3 Å². The molecule has 4 nitrogen and oxygen atoms in total. The topological polar surface area (TPSA) is 47.0 Å². The van der Waals surface area contributed by atoms with Gasteiger partial charge in [-0.05, 0) is 50.7 Å². The molecule has 0 aliphatic carbocycles. The molecule has 1 unspecified atom stereocenters. The van der Waals surface area contributed by atoms with Gasteiger partial charge in [0.05, 0.1) is 16.2 Å². The lowest BCUT2D eigenvalue weighted by Gasteiger charge is -2.26. The first-order valence-corrected chi connectivity index (χ1v) is 7.79. The molecule has 1 heterocycles. The van der Waals surface area contributed by atoms with E-state index in [2.05, 4.69) is 49.5 Å². The molecule has 0 radical (unpaired) electrons. The number of hydrogen-bond acceptors (Lipinski definition) is 5. The molecular formula is C14H27N3OS. The Morgan fingerprint density at radius 3 is 2.58 bits per heavy atom. The van der Waals surface area contributed by atoms with Gasteiger partial charge in [0, 0.05) is 13.2 Å². The minimum absolute atomic E-state index is 0.0796. The first-order chi connectivity index (χ1) is 8.91. The Morgan fingerprint density at radius 2 is 2.05 bits per heavy atom. The molecule has 0 saturated heterocycles. The van der Waals surface area contributed by atoms with Crippen LogP contribution in [0.5, 0.6) is 0 Å². The molecule has 0 aliphatic heterocycles. The van der Waals surface area contributed by atoms with Crippen LogP contribution >= 0.6 is 11.5 Å². The highest BCUT2D eigenvalue weighted by Crippen LogP contribution is 2.31. The molecule has 5 heteroatoms. The van der Waals surface area contributed by atoms with E-state index < -0.39 is 0 Å². The second-order valence-corrected chi connectivity index (χ2v) is 6.58. The van der Waals surface area contributed by atoms with Crippen molar-refractivity contribution < 1.29 is 4.74 Å². The van der Waals surface area contributed by atoms with Gasteiger partial charge in [0.1, 0.15) is 0 Å². The first kappa shape index (κ1) is 16.5. The van der Waals surface area contributed by atoms with Crippen molar-refractivity contribution in [2.45, 2.75) is 65.0 Å². The van der Waals surface area contributed by atoms with Crippen LogP contribution in [0.1, 0.15) is 70.0 Å². The summed E-state index contributed by atoms with van der Waals surface area (Å²) in [4.78, 5) is 1.28. The van der Waals surface area contributed by atoms with Gasteiger partial charge in [0.25, 0.3) is 0 Å². The molecule has 0 amide bonds. The standard InChI is InChI=1S/C14H27N3OS/c1-7-15-11(8-9-14(4,5)18-6)13-12(10(2)3)16-17-19-13/h10-11,15H,7-9H2,1-6H3. The van der Waals surface area contributed by atoms with E-state index in [-0.39, 0.29) is 5.60 Å². The van der Waals surface area contributed by atoms with Crippen molar-refractivity contribution in [1.82, 2.24) is 14.9 Å². The van der Waals surface area contributed by atoms with Crippen molar-refractivity contribution >= 4 is 11.5 Å². The summed E-state index contributed by atoms with van der Waals surface area (Å²) in [6, 6.07) is 0.330. The average molecular weight is 285 g/mol. The van der Waals surface area contributed by atoms with Crippen molar-refractivity contribution in [2.24, 2.45) is 0 Å². The van der Waals surface area contributed by atoms with Crippen LogP contribution in [0.15, 0.2) is 0 Å². The number of aromatic nitrogens is 2. The van der Waals surface area contributed by atoms with Crippen molar-refractivity contribution in [3.63, 3.8) is 0 Å². The third-order valence-corrected chi connectivity index (χ3v) is 4.30. The van der Waals surface area contributed by atoms with E-state index >= 15 is 0 Å². The number of hydrogen-bond donors (Lipinski definition) is 1. The second-order valence-electron chi connectivity index (χ2n) is 5.79. The highest BCUT2D eigenvalue weighted by Gasteiger charge is 2.24. The first-order valence-electron chi connectivity index (χ1n) is 7.02. The normalized spacial score (nSPS) is 14.1. The minimum atomic E-state index is -0.0796. The van der Waals surface area contributed by atoms with Crippen LogP contribution < -0.4 is 5.32 Å². The molecule has 1 rings (SSSR count). The van der Waals surface area contributed by atoms with Crippen LogP contribution in [0, 0.1) is 0 Å². The zero-order valence-electron chi connectivity index (χ0n) is 13.0. The van der Waals surface area contributed by atoms with Gasteiger partial charge in [-0.3, -0.25) is 0 Å². The lowest BCUT2D eigenvalue weighted by molar-refractivity contribution is 0.0117. The zero-order valence-corrected chi connectivity index (χ0v) is 13.8. The summed E-state index contributed by atoms with van der Waals surface area (Å²) in [7, 11) is 1.77. The Hall–Kier alpha value is -0.520. The maximum Gasteiger partial charge on any atom is 0.0829 e. The molecule has 110 valence electrons. The van der Waals surface area contributed by atoms with Gasteiger partial charge in [-0.2, -0.15) is 0 Å². The minimum Gasteiger partial charge on any atom is -0.379 e. The number of ether oxygens (including phenoxy) is 1. The quantitative estimate of drug-likeness (QED) is 0.794. The summed E-state index contributed by atoms with van der Waals surface area (Å²) in [6.07, 6.45) is 2.05. The van der Waals surface area contributed by atoms with Gasteiger partial charge in [0.15, 0.2) is 0 Å². The van der Waals surface area contributed by atoms with Crippen LogP contribution in [-0.2, 0) is 4.74 Å². The molecular weight excluding hydrogens is 258 g/mol. The molecule has 1 atom stereocenters. The third kappa shape index (κ3) is 4.82. The summed E-state index contributed by atoms with van der Waals surface area (Å²) in [5.41, 5.74) is 1.05. The highest BCUT2D eigenvalue weighted by molar-refractivity contribution is 7.05. The van der Waals surface area contributed by atoms with E-state index in [1.54, 1.807) is 7.11 Å². The predicted octanol–water partition coefficient (Wildman–Crippen LogP) is 3.52. The fourth-order valence-corrected chi connectivity index (χ4v) is 2.93. The van der Waals surface area contributed by atoms with Gasteiger partial charge in [0.2, 0.25) is 0 Å². The van der Waals surface area contributed by atoms with E-state index in [0.717, 1.165) is 25.1 Å². The van der Waals surface area contributed by atoms with Gasteiger partial charge < -0.3 is 10.1 Å². The SMILES string of the molecule is CCNC(CCC(C)(C)OC)c1snnc1C(C)C. The third-order valence-electron chi connectivity index (χ3n) is 3.44. The van der Waals surface area contributed by atoms with E-state index in [4.69, 9.17) is 4.74 Å². The Morgan fingerprint density at radius 1 is 1.37 bits per heavy atom. The van der Waals surface area contributed by atoms with E-state index in [1.165, 1.54) is 16.4 Å². The molecule has 19 heavy (non-hydrogen) atoms. The van der Waals surface area contributed by atoms with E-state index in [1.807, 2.05) is 0 Å². The average Bonchev–Trinajstić information content (AvgIpc) is 2.83. The largest absolute Gasteiger partial charge is 0.379 e. The van der Waals surface area contributed by atoms with Crippen LogP contribution in [0.4, 0.5) is 0 Å². The Balaban J connectivity index is 2.79. The van der Waals surface area contributed by atoms with Crippen LogP contribution in [-0.4, -0.2) is 28.8 Å². The van der Waals surface area contributed by atoms with Gasteiger partial charge in [-0.25, -0.2) is 0 Å². The van der Waals surface area contributed by atoms with E-state index in [9.17, 15) is 0 Å². The van der Waals surface area contributed by atoms with Crippen LogP contribution in [0.2, 0.25) is 0 Å². The molecule has 1 N–H and O–H groups in total. The van der Waals surface area contributed by atoms with Crippen molar-refractivity contribution in [2.75, 3.05) is 13.7 Å². The second kappa shape index (κ2) is 7.31. The molecule has 0 aromatic carbocycles. The molecule has 1 aromatic heterocycles. The number of nitrogens with zero attached hydrogens (tertiary/aromatic N) is 2. The van der Waals surface area contributed by atoms with Crippen molar-refractivity contribution in [1.29, 1.82) is 0 Å². The maximum atomic E-state index is 5.51. The van der Waals surface area contributed by atoms with Crippen LogP contribution in [0.25, 0.3) is 0 Å². The number of methoxy groups -OCH3 is 1. The maximum absolute atomic E-state index is 5.51. The Bertz CT molecular complexity index is 377. The van der Waals surface area contributed by atoms with Gasteiger partial charge >= 0.3 is 0 Å². The summed E-state index contributed by atoms with van der Waals surface area (Å²) in [5, 5.41) is 7.83. The summed E-state index contributed by atoms with van der Waals surface area (Å²) in [6.45, 7) is 11.7. The highest BCUT2D eigenvalue weighted by atomic mass is 32.1. The molecule has 0 bridgehead atoms. The van der Waals surface area contributed by atoms with Gasteiger partial charge in [-0.15, -0.1) is 5.10 Å². The lowest BCUT2D eigenvalue weighted by Crippen LogP contribution is -2.27. The zero-order chi connectivity index (χ0) is 14.5. The molecule has 1 aromatic rings. The summed E-state index contributed by atoms with van der Waals surface area (Å²) >= 11 is 1.52. The van der Waals surface area contributed by atoms with Crippen molar-refractivity contribution in [3.8, 4) is 0 Å². The van der Waals surface area contributed by atoms with Crippen LogP contribution in [0.3, 0.4) is 0 Å². The summed E-state index contributed by atoms with van der Waals surface area (Å²) < 4.78 is 9.64. The fourth-order valence-electron chi connectivity index (χ4n) is 2.01. The smallest absolute Gasteiger partial charge is 0.0829 e. The molecule has 0 saturated carbocycles. The van der Waals surface area contributed by atoms with Crippen molar-refractivity contribution in [3.05, 3.63) is 10.6 Å². The molecule has 0 fully saturated rings. The monoisotopic (exact) mass is 285 g/mol. The Labute approximate surface area is 121 Å². The number of rotatable bonds is 8. The number of nitrogens with one attached hydrogen (secondary N) is 1. The fraction of sp³-hybridized carbons (Fsp3) is 0.857. The van der Waals surface area contributed by atoms with E-state index in [0.29, 0.717) is 12.0 Å². The Kier molecular flexibility index (Phi) is 6.36. The summed E-state index contributed by atoms with van der Waals surface area (Å²) in [5.74, 6) is 0.422.